The lowest BCUT2D eigenvalue weighted by Gasteiger charge is -2.26. The molecule has 0 saturated carbocycles. The number of methoxy groups -OCH3 is 1. The number of phenolic OH excluding ortho intramolecular Hbond substituents is 1. The highest BCUT2D eigenvalue weighted by molar-refractivity contribution is 5.78. The van der Waals surface area contributed by atoms with Crippen molar-refractivity contribution in [3.63, 3.8) is 0 Å². The van der Waals surface area contributed by atoms with Gasteiger partial charge in [0.2, 0.25) is 0 Å². The largest absolute Gasteiger partial charge is 0.508 e. The highest BCUT2D eigenvalue weighted by Gasteiger charge is 2.30. The second kappa shape index (κ2) is 8.13. The monoisotopic (exact) mass is 356 g/mol. The van der Waals surface area contributed by atoms with Crippen LogP contribution in [0, 0.1) is 0 Å². The highest BCUT2D eigenvalue weighted by atomic mass is 16.5. The van der Waals surface area contributed by atoms with Crippen LogP contribution < -0.4 is 14.2 Å². The standard InChI is InChI=1S/C21H24O5/c1-3-4-5-10-25-19-12-15(24-2)7-9-16(19)18-13-21(23)26-20-11-14(22)6-8-17(18)20/h6-9,11-12,18,22H,3-5,10,13H2,1-2H3. The van der Waals surface area contributed by atoms with Crippen LogP contribution in [0.3, 0.4) is 0 Å². The average molecular weight is 356 g/mol. The molecule has 1 unspecified atom stereocenters. The number of ether oxygens (including phenoxy) is 3. The molecule has 1 N–H and O–H groups in total. The molecule has 3 rings (SSSR count). The van der Waals surface area contributed by atoms with Gasteiger partial charge >= 0.3 is 5.97 Å². The van der Waals surface area contributed by atoms with Gasteiger partial charge in [-0.3, -0.25) is 4.79 Å². The fraction of sp³-hybridized carbons (Fsp3) is 0.381. The van der Waals surface area contributed by atoms with Crippen molar-refractivity contribution in [3.8, 4) is 23.0 Å². The average Bonchev–Trinajstić information content (AvgIpc) is 2.64. The summed E-state index contributed by atoms with van der Waals surface area (Å²) in [6.07, 6.45) is 3.44. The summed E-state index contributed by atoms with van der Waals surface area (Å²) in [4.78, 5) is 12.1. The fourth-order valence-electron chi connectivity index (χ4n) is 3.21. The van der Waals surface area contributed by atoms with Gasteiger partial charge in [0, 0.05) is 29.2 Å². The van der Waals surface area contributed by atoms with Gasteiger partial charge < -0.3 is 19.3 Å². The van der Waals surface area contributed by atoms with Gasteiger partial charge in [-0.2, -0.15) is 0 Å². The molecule has 1 aliphatic heterocycles. The third-order valence-corrected chi connectivity index (χ3v) is 4.57. The van der Waals surface area contributed by atoms with Crippen LogP contribution in [0.1, 0.15) is 49.7 Å². The van der Waals surface area contributed by atoms with E-state index in [0.717, 1.165) is 36.1 Å². The molecular weight excluding hydrogens is 332 g/mol. The summed E-state index contributed by atoms with van der Waals surface area (Å²) in [5.74, 6) is 1.41. The lowest BCUT2D eigenvalue weighted by Crippen LogP contribution is -2.21. The van der Waals surface area contributed by atoms with Crippen LogP contribution in [-0.2, 0) is 4.79 Å². The first kappa shape index (κ1) is 18.1. The maximum Gasteiger partial charge on any atom is 0.312 e. The van der Waals surface area contributed by atoms with E-state index in [1.807, 2.05) is 18.2 Å². The molecule has 0 aliphatic carbocycles. The summed E-state index contributed by atoms with van der Waals surface area (Å²) in [6, 6.07) is 10.6. The van der Waals surface area contributed by atoms with Gasteiger partial charge in [-0.25, -0.2) is 0 Å². The molecule has 1 aliphatic rings. The van der Waals surface area contributed by atoms with Gasteiger partial charge in [-0.05, 0) is 18.6 Å². The van der Waals surface area contributed by atoms with Crippen LogP contribution in [-0.4, -0.2) is 24.8 Å². The number of carbonyl (C=O) groups excluding carboxylic acids is 1. The van der Waals surface area contributed by atoms with E-state index in [1.165, 1.54) is 6.07 Å². The second-order valence-electron chi connectivity index (χ2n) is 6.41. The van der Waals surface area contributed by atoms with Crippen LogP contribution >= 0.6 is 0 Å². The van der Waals surface area contributed by atoms with E-state index in [1.54, 1.807) is 19.2 Å². The number of esters is 1. The van der Waals surface area contributed by atoms with Gasteiger partial charge in [0.25, 0.3) is 0 Å². The van der Waals surface area contributed by atoms with Gasteiger partial charge in [-0.1, -0.05) is 31.9 Å². The third-order valence-electron chi connectivity index (χ3n) is 4.57. The van der Waals surface area contributed by atoms with E-state index in [-0.39, 0.29) is 24.1 Å². The molecule has 5 nitrogen and oxygen atoms in total. The number of phenols is 1. The number of fused-ring (bicyclic) bond motifs is 1. The summed E-state index contributed by atoms with van der Waals surface area (Å²) in [7, 11) is 1.62. The Hall–Kier alpha value is -2.69. The number of unbranched alkanes of at least 4 members (excludes halogenated alkanes) is 2. The molecule has 0 aromatic heterocycles. The maximum atomic E-state index is 12.1. The van der Waals surface area contributed by atoms with Crippen LogP contribution in [0.5, 0.6) is 23.0 Å². The maximum absolute atomic E-state index is 12.1. The van der Waals surface area contributed by atoms with E-state index in [9.17, 15) is 9.90 Å². The minimum absolute atomic E-state index is 0.0722. The number of carbonyl (C=O) groups is 1. The summed E-state index contributed by atoms with van der Waals surface area (Å²) >= 11 is 0. The molecular formula is C21H24O5. The van der Waals surface area contributed by atoms with Crippen molar-refractivity contribution in [3.05, 3.63) is 47.5 Å². The molecule has 138 valence electrons. The van der Waals surface area contributed by atoms with E-state index < -0.39 is 0 Å². The quantitative estimate of drug-likeness (QED) is 0.452. The number of aromatic hydroxyl groups is 1. The number of hydrogen-bond donors (Lipinski definition) is 1. The predicted octanol–water partition coefficient (Wildman–Crippen LogP) is 4.41. The van der Waals surface area contributed by atoms with E-state index in [0.29, 0.717) is 18.1 Å². The SMILES string of the molecule is CCCCCOc1cc(OC)ccc1C1CC(=O)Oc2cc(O)ccc21. The molecule has 2 aromatic rings. The number of rotatable bonds is 7. The Morgan fingerprint density at radius 3 is 2.73 bits per heavy atom. The first-order chi connectivity index (χ1) is 12.6. The summed E-state index contributed by atoms with van der Waals surface area (Å²) < 4.78 is 16.7. The first-order valence-corrected chi connectivity index (χ1v) is 8.96. The van der Waals surface area contributed by atoms with Crippen molar-refractivity contribution in [2.24, 2.45) is 0 Å². The van der Waals surface area contributed by atoms with E-state index in [2.05, 4.69) is 6.92 Å². The molecule has 26 heavy (non-hydrogen) atoms. The minimum atomic E-state index is -0.319. The van der Waals surface area contributed by atoms with Crippen LogP contribution in [0.25, 0.3) is 0 Å². The van der Waals surface area contributed by atoms with Gasteiger partial charge in [0.15, 0.2) is 0 Å². The van der Waals surface area contributed by atoms with Crippen molar-refractivity contribution in [2.45, 2.75) is 38.5 Å². The zero-order valence-corrected chi connectivity index (χ0v) is 15.2. The zero-order valence-electron chi connectivity index (χ0n) is 15.2. The van der Waals surface area contributed by atoms with Crippen LogP contribution in [0.4, 0.5) is 0 Å². The molecule has 0 saturated heterocycles. The Morgan fingerprint density at radius 2 is 1.96 bits per heavy atom. The second-order valence-corrected chi connectivity index (χ2v) is 6.41. The molecule has 0 radical (unpaired) electrons. The molecule has 1 heterocycles. The van der Waals surface area contributed by atoms with Crippen molar-refractivity contribution < 1.29 is 24.1 Å². The van der Waals surface area contributed by atoms with Crippen molar-refractivity contribution >= 4 is 5.97 Å². The summed E-state index contributed by atoms with van der Waals surface area (Å²) in [5.41, 5.74) is 1.79. The molecule has 0 bridgehead atoms. The number of hydrogen-bond acceptors (Lipinski definition) is 5. The molecule has 1 atom stereocenters. The summed E-state index contributed by atoms with van der Waals surface area (Å²) in [6.45, 7) is 2.77. The smallest absolute Gasteiger partial charge is 0.312 e. The normalized spacial score (nSPS) is 15.9. The lowest BCUT2D eigenvalue weighted by molar-refractivity contribution is -0.135. The number of benzene rings is 2. The van der Waals surface area contributed by atoms with Gasteiger partial charge in [-0.15, -0.1) is 0 Å². The van der Waals surface area contributed by atoms with Crippen molar-refractivity contribution in [2.75, 3.05) is 13.7 Å². The first-order valence-electron chi connectivity index (χ1n) is 8.96. The molecule has 2 aromatic carbocycles. The van der Waals surface area contributed by atoms with Gasteiger partial charge in [0.1, 0.15) is 23.0 Å². The Balaban J connectivity index is 1.96. The Kier molecular flexibility index (Phi) is 5.66. The van der Waals surface area contributed by atoms with Crippen molar-refractivity contribution in [1.29, 1.82) is 0 Å². The Morgan fingerprint density at radius 1 is 1.15 bits per heavy atom. The van der Waals surface area contributed by atoms with Crippen molar-refractivity contribution in [1.82, 2.24) is 0 Å². The van der Waals surface area contributed by atoms with Crippen LogP contribution in [0.2, 0.25) is 0 Å². The topological polar surface area (TPSA) is 65.0 Å². The third kappa shape index (κ3) is 3.93. The van der Waals surface area contributed by atoms with E-state index in [4.69, 9.17) is 14.2 Å². The minimum Gasteiger partial charge on any atom is -0.508 e. The lowest BCUT2D eigenvalue weighted by atomic mass is 9.85. The predicted molar refractivity (Wildman–Crippen MR) is 98.2 cm³/mol. The molecule has 0 amide bonds. The zero-order chi connectivity index (χ0) is 18.5. The van der Waals surface area contributed by atoms with E-state index >= 15 is 0 Å². The van der Waals surface area contributed by atoms with Crippen LogP contribution in [0.15, 0.2) is 36.4 Å². The molecule has 0 fully saturated rings. The van der Waals surface area contributed by atoms with Gasteiger partial charge in [0.05, 0.1) is 20.1 Å². The molecule has 5 heteroatoms. The summed E-state index contributed by atoms with van der Waals surface area (Å²) in [5, 5.41) is 9.69. The Bertz CT molecular complexity index is 784. The Labute approximate surface area is 153 Å². The molecule has 0 spiro atoms. The highest BCUT2D eigenvalue weighted by Crippen LogP contribution is 2.44. The fourth-order valence-corrected chi connectivity index (χ4v) is 3.21.